The maximum atomic E-state index is 11.0. The Morgan fingerprint density at radius 2 is 1.58 bits per heavy atom. The Hall–Kier alpha value is 0.250. The van der Waals surface area contributed by atoms with Crippen LogP contribution >= 0.6 is 23.2 Å². The number of carbonyl (C=O) groups is 1. The lowest BCUT2D eigenvalue weighted by molar-refractivity contribution is -0.115. The number of rotatable bonds is 1. The zero-order chi connectivity index (χ0) is 9.41. The molecule has 0 saturated heterocycles. The standard InChI is InChI=1S/C9H14Cl2O/c1-8(2)3-5-9(11,6-4-8)7(10)12/h3-6H2,1-2H3. The third-order valence-corrected chi connectivity index (χ3v) is 3.76. The van der Waals surface area contributed by atoms with E-state index in [1.54, 1.807) is 0 Å². The predicted octanol–water partition coefficient (Wildman–Crippen LogP) is 3.33. The van der Waals surface area contributed by atoms with Crippen molar-refractivity contribution in [2.75, 3.05) is 0 Å². The largest absolute Gasteiger partial charge is 0.279 e. The number of alkyl halides is 1. The zero-order valence-corrected chi connectivity index (χ0v) is 9.00. The van der Waals surface area contributed by atoms with Crippen molar-refractivity contribution in [1.29, 1.82) is 0 Å². The highest BCUT2D eigenvalue weighted by atomic mass is 35.5. The summed E-state index contributed by atoms with van der Waals surface area (Å²) in [6.07, 6.45) is 3.39. The molecule has 0 amide bonds. The van der Waals surface area contributed by atoms with Gasteiger partial charge in [-0.3, -0.25) is 4.79 Å². The minimum atomic E-state index is -0.767. The van der Waals surface area contributed by atoms with Gasteiger partial charge in [0.25, 0.3) is 0 Å². The van der Waals surface area contributed by atoms with Crippen LogP contribution in [0.4, 0.5) is 0 Å². The Balaban J connectivity index is 2.62. The summed E-state index contributed by atoms with van der Waals surface area (Å²) in [4.78, 5) is 10.2. The molecule has 0 bridgehead atoms. The van der Waals surface area contributed by atoms with Crippen molar-refractivity contribution in [3.05, 3.63) is 0 Å². The molecule has 0 unspecified atom stereocenters. The summed E-state index contributed by atoms with van der Waals surface area (Å²) in [5, 5.41) is -0.389. The molecule has 1 rings (SSSR count). The summed E-state index contributed by atoms with van der Waals surface area (Å²) in [5.41, 5.74) is 0.324. The van der Waals surface area contributed by atoms with Gasteiger partial charge in [0.1, 0.15) is 4.87 Å². The molecule has 1 aliphatic carbocycles. The molecule has 0 aromatic carbocycles. The Labute approximate surface area is 83.4 Å². The highest BCUT2D eigenvalue weighted by molar-refractivity contribution is 6.70. The van der Waals surface area contributed by atoms with Crippen LogP contribution in [-0.2, 0) is 4.79 Å². The SMILES string of the molecule is CC1(C)CCC(Cl)(C(=O)Cl)CC1. The molecule has 0 heterocycles. The van der Waals surface area contributed by atoms with Gasteiger partial charge in [0.15, 0.2) is 0 Å². The van der Waals surface area contributed by atoms with Gasteiger partial charge in [-0.1, -0.05) is 13.8 Å². The Kier molecular flexibility index (Phi) is 2.75. The number of halogens is 2. The minimum absolute atomic E-state index is 0.324. The van der Waals surface area contributed by atoms with Crippen molar-refractivity contribution in [2.24, 2.45) is 5.41 Å². The van der Waals surface area contributed by atoms with Gasteiger partial charge in [0, 0.05) is 0 Å². The first-order valence-electron chi connectivity index (χ1n) is 4.25. The molecule has 0 N–H and O–H groups in total. The van der Waals surface area contributed by atoms with E-state index in [9.17, 15) is 4.79 Å². The predicted molar refractivity (Wildman–Crippen MR) is 51.7 cm³/mol. The molecule has 0 aliphatic heterocycles. The molecule has 0 aromatic rings. The second-order valence-electron chi connectivity index (χ2n) is 4.40. The third-order valence-electron chi connectivity index (χ3n) is 2.75. The van der Waals surface area contributed by atoms with E-state index in [0.717, 1.165) is 12.8 Å². The van der Waals surface area contributed by atoms with E-state index >= 15 is 0 Å². The monoisotopic (exact) mass is 208 g/mol. The van der Waals surface area contributed by atoms with E-state index < -0.39 is 4.87 Å². The highest BCUT2D eigenvalue weighted by Gasteiger charge is 2.41. The Bertz CT molecular complexity index is 189. The number of hydrogen-bond acceptors (Lipinski definition) is 1. The second-order valence-corrected chi connectivity index (χ2v) is 5.47. The quantitative estimate of drug-likeness (QED) is 0.478. The second kappa shape index (κ2) is 3.19. The lowest BCUT2D eigenvalue weighted by Gasteiger charge is -2.37. The molecule has 0 radical (unpaired) electrons. The fourth-order valence-corrected chi connectivity index (χ4v) is 1.90. The molecule has 0 aromatic heterocycles. The van der Waals surface area contributed by atoms with Crippen LogP contribution in [-0.4, -0.2) is 10.1 Å². The van der Waals surface area contributed by atoms with Crippen LogP contribution in [0, 0.1) is 5.41 Å². The van der Waals surface area contributed by atoms with Gasteiger partial charge in [-0.15, -0.1) is 11.6 Å². The van der Waals surface area contributed by atoms with Crippen molar-refractivity contribution >= 4 is 28.4 Å². The number of hydrogen-bond donors (Lipinski definition) is 0. The Morgan fingerprint density at radius 1 is 1.17 bits per heavy atom. The fraction of sp³-hybridized carbons (Fsp3) is 0.889. The van der Waals surface area contributed by atoms with Gasteiger partial charge in [-0.25, -0.2) is 0 Å². The highest BCUT2D eigenvalue weighted by Crippen LogP contribution is 2.44. The number of carbonyl (C=O) groups excluding carboxylic acids is 1. The molecule has 1 saturated carbocycles. The van der Waals surface area contributed by atoms with Crippen LogP contribution in [0.1, 0.15) is 39.5 Å². The normalized spacial score (nSPS) is 26.7. The van der Waals surface area contributed by atoms with E-state index in [4.69, 9.17) is 23.2 Å². The third kappa shape index (κ3) is 2.14. The van der Waals surface area contributed by atoms with E-state index in [1.165, 1.54) is 0 Å². The summed E-state index contributed by atoms with van der Waals surface area (Å²) in [6.45, 7) is 4.39. The van der Waals surface area contributed by atoms with Crippen LogP contribution in [0.15, 0.2) is 0 Å². The molecule has 0 atom stereocenters. The van der Waals surface area contributed by atoms with Crippen molar-refractivity contribution in [1.82, 2.24) is 0 Å². The lowest BCUT2D eigenvalue weighted by atomic mass is 9.73. The topological polar surface area (TPSA) is 17.1 Å². The zero-order valence-electron chi connectivity index (χ0n) is 7.49. The Morgan fingerprint density at radius 3 is 1.92 bits per heavy atom. The summed E-state index contributed by atoms with van der Waals surface area (Å²) < 4.78 is 0. The first-order chi connectivity index (χ1) is 5.36. The van der Waals surface area contributed by atoms with Gasteiger partial charge in [0.05, 0.1) is 0 Å². The lowest BCUT2D eigenvalue weighted by Crippen LogP contribution is -2.36. The van der Waals surface area contributed by atoms with E-state index in [-0.39, 0.29) is 5.24 Å². The van der Waals surface area contributed by atoms with Crippen LogP contribution < -0.4 is 0 Å². The maximum Gasteiger partial charge on any atom is 0.242 e. The van der Waals surface area contributed by atoms with Crippen LogP contribution in [0.25, 0.3) is 0 Å². The molecule has 12 heavy (non-hydrogen) atoms. The summed E-state index contributed by atoms with van der Waals surface area (Å²) in [5.74, 6) is 0. The smallest absolute Gasteiger partial charge is 0.242 e. The van der Waals surface area contributed by atoms with E-state index in [2.05, 4.69) is 13.8 Å². The average molecular weight is 209 g/mol. The maximum absolute atomic E-state index is 11.0. The molecule has 3 heteroatoms. The summed E-state index contributed by atoms with van der Waals surface area (Å²) >= 11 is 11.5. The minimum Gasteiger partial charge on any atom is -0.279 e. The van der Waals surface area contributed by atoms with Crippen molar-refractivity contribution in [3.63, 3.8) is 0 Å². The van der Waals surface area contributed by atoms with Crippen LogP contribution in [0.3, 0.4) is 0 Å². The van der Waals surface area contributed by atoms with Crippen molar-refractivity contribution in [2.45, 2.75) is 44.4 Å². The molecule has 70 valence electrons. The summed E-state index contributed by atoms with van der Waals surface area (Å²) in [6, 6.07) is 0. The van der Waals surface area contributed by atoms with Gasteiger partial charge >= 0.3 is 0 Å². The van der Waals surface area contributed by atoms with Crippen LogP contribution in [0.5, 0.6) is 0 Å². The van der Waals surface area contributed by atoms with E-state index in [0.29, 0.717) is 18.3 Å². The first kappa shape index (κ1) is 10.3. The molecule has 0 spiro atoms. The van der Waals surface area contributed by atoms with Crippen LogP contribution in [0.2, 0.25) is 0 Å². The van der Waals surface area contributed by atoms with Gasteiger partial charge < -0.3 is 0 Å². The summed E-state index contributed by atoms with van der Waals surface area (Å²) in [7, 11) is 0. The molecular weight excluding hydrogens is 195 g/mol. The van der Waals surface area contributed by atoms with Gasteiger partial charge in [-0.05, 0) is 42.7 Å². The molecular formula is C9H14Cl2O. The average Bonchev–Trinajstić information content (AvgIpc) is 1.96. The van der Waals surface area contributed by atoms with E-state index in [1.807, 2.05) is 0 Å². The fourth-order valence-electron chi connectivity index (χ4n) is 1.52. The molecule has 1 aliphatic rings. The van der Waals surface area contributed by atoms with Crippen molar-refractivity contribution < 1.29 is 4.79 Å². The molecule has 1 fully saturated rings. The first-order valence-corrected chi connectivity index (χ1v) is 5.00. The van der Waals surface area contributed by atoms with Gasteiger partial charge in [0.2, 0.25) is 5.24 Å². The molecule has 1 nitrogen and oxygen atoms in total. The van der Waals surface area contributed by atoms with Crippen molar-refractivity contribution in [3.8, 4) is 0 Å². The van der Waals surface area contributed by atoms with Gasteiger partial charge in [-0.2, -0.15) is 0 Å².